The van der Waals surface area contributed by atoms with Crippen molar-refractivity contribution in [2.45, 2.75) is 70.3 Å². The van der Waals surface area contributed by atoms with Gasteiger partial charge >= 0.3 is 6.03 Å². The van der Waals surface area contributed by atoms with Crippen molar-refractivity contribution in [1.82, 2.24) is 16.2 Å². The predicted molar refractivity (Wildman–Crippen MR) is 73.3 cm³/mol. The van der Waals surface area contributed by atoms with Gasteiger partial charge in [0.2, 0.25) is 5.91 Å². The van der Waals surface area contributed by atoms with E-state index in [0.29, 0.717) is 0 Å². The van der Waals surface area contributed by atoms with Crippen molar-refractivity contribution in [2.24, 2.45) is 5.92 Å². The lowest BCUT2D eigenvalue weighted by Gasteiger charge is -2.24. The quantitative estimate of drug-likeness (QED) is 0.671. The molecule has 0 aromatic heterocycles. The summed E-state index contributed by atoms with van der Waals surface area (Å²) in [6.07, 6.45) is 11.1. The number of hydrogen-bond acceptors (Lipinski definition) is 2. The van der Waals surface area contributed by atoms with Gasteiger partial charge in [-0.1, -0.05) is 38.5 Å². The molecule has 2 saturated carbocycles. The fourth-order valence-corrected chi connectivity index (χ4v) is 3.05. The van der Waals surface area contributed by atoms with Gasteiger partial charge in [0.05, 0.1) is 0 Å². The minimum atomic E-state index is -0.281. The molecule has 0 spiro atoms. The van der Waals surface area contributed by atoms with Gasteiger partial charge in [0, 0.05) is 12.0 Å². The second-order valence-corrected chi connectivity index (χ2v) is 5.76. The molecule has 19 heavy (non-hydrogen) atoms. The molecule has 5 heteroatoms. The number of hydrazine groups is 1. The van der Waals surface area contributed by atoms with E-state index in [0.717, 1.165) is 38.5 Å². The van der Waals surface area contributed by atoms with E-state index < -0.39 is 0 Å². The lowest BCUT2D eigenvalue weighted by Crippen LogP contribution is -2.51. The monoisotopic (exact) mass is 267 g/mol. The topological polar surface area (TPSA) is 70.2 Å². The van der Waals surface area contributed by atoms with Crippen LogP contribution in [0.25, 0.3) is 0 Å². The molecule has 2 fully saturated rings. The van der Waals surface area contributed by atoms with Crippen LogP contribution in [0.15, 0.2) is 0 Å². The van der Waals surface area contributed by atoms with Crippen molar-refractivity contribution in [3.8, 4) is 0 Å². The molecule has 2 aliphatic carbocycles. The third-order valence-corrected chi connectivity index (χ3v) is 4.22. The maximum atomic E-state index is 11.8. The second kappa shape index (κ2) is 7.36. The number of nitrogens with one attached hydrogen (secondary N) is 3. The first-order valence-corrected chi connectivity index (χ1v) is 7.62. The summed E-state index contributed by atoms with van der Waals surface area (Å²) < 4.78 is 0. The normalized spacial score (nSPS) is 21.7. The molecule has 2 rings (SSSR count). The first kappa shape index (κ1) is 14.2. The summed E-state index contributed by atoms with van der Waals surface area (Å²) in [4.78, 5) is 23.5. The highest BCUT2D eigenvalue weighted by atomic mass is 16.2. The minimum Gasteiger partial charge on any atom is -0.334 e. The van der Waals surface area contributed by atoms with Gasteiger partial charge in [-0.15, -0.1) is 0 Å². The molecule has 2 aliphatic rings. The van der Waals surface area contributed by atoms with Crippen LogP contribution in [0.3, 0.4) is 0 Å². The van der Waals surface area contributed by atoms with Crippen LogP contribution in [0.5, 0.6) is 0 Å². The van der Waals surface area contributed by atoms with Gasteiger partial charge < -0.3 is 5.32 Å². The Balaban J connectivity index is 1.63. The molecule has 0 radical (unpaired) electrons. The van der Waals surface area contributed by atoms with Gasteiger partial charge in [-0.05, 0) is 25.7 Å². The Morgan fingerprint density at radius 1 is 0.737 bits per heavy atom. The Morgan fingerprint density at radius 3 is 1.95 bits per heavy atom. The molecule has 0 heterocycles. The summed E-state index contributed by atoms with van der Waals surface area (Å²) in [6, 6.07) is -0.0172. The van der Waals surface area contributed by atoms with Crippen LogP contribution in [-0.4, -0.2) is 18.0 Å². The van der Waals surface area contributed by atoms with Gasteiger partial charge in [0.15, 0.2) is 0 Å². The van der Waals surface area contributed by atoms with Crippen molar-refractivity contribution >= 4 is 11.9 Å². The number of carbonyl (C=O) groups is 2. The SMILES string of the molecule is O=C(NNC(=O)C1CCCCC1)NC1CCCCC1. The Kier molecular flexibility index (Phi) is 5.48. The molecule has 3 amide bonds. The molecule has 0 aromatic rings. The zero-order chi connectivity index (χ0) is 13.5. The van der Waals surface area contributed by atoms with E-state index in [9.17, 15) is 9.59 Å². The molecule has 5 nitrogen and oxygen atoms in total. The first-order valence-electron chi connectivity index (χ1n) is 7.62. The number of urea groups is 1. The molecular weight excluding hydrogens is 242 g/mol. The maximum Gasteiger partial charge on any atom is 0.333 e. The Labute approximate surface area is 114 Å². The predicted octanol–water partition coefficient (Wildman–Crippen LogP) is 2.23. The molecule has 0 bridgehead atoms. The van der Waals surface area contributed by atoms with Crippen molar-refractivity contribution < 1.29 is 9.59 Å². The van der Waals surface area contributed by atoms with E-state index in [1.54, 1.807) is 0 Å². The van der Waals surface area contributed by atoms with E-state index in [-0.39, 0.29) is 23.9 Å². The third-order valence-electron chi connectivity index (χ3n) is 4.22. The average molecular weight is 267 g/mol. The zero-order valence-electron chi connectivity index (χ0n) is 11.5. The van der Waals surface area contributed by atoms with Crippen molar-refractivity contribution in [2.75, 3.05) is 0 Å². The van der Waals surface area contributed by atoms with Gasteiger partial charge in [-0.3, -0.25) is 10.2 Å². The van der Waals surface area contributed by atoms with Crippen LogP contribution >= 0.6 is 0 Å². The van der Waals surface area contributed by atoms with Crippen LogP contribution in [0.4, 0.5) is 4.79 Å². The fourth-order valence-electron chi connectivity index (χ4n) is 3.05. The Hall–Kier alpha value is -1.26. The van der Waals surface area contributed by atoms with Crippen molar-refractivity contribution in [1.29, 1.82) is 0 Å². The molecule has 0 aromatic carbocycles. The highest BCUT2D eigenvalue weighted by molar-refractivity contribution is 5.82. The molecular formula is C14H25N3O2. The van der Waals surface area contributed by atoms with E-state index in [4.69, 9.17) is 0 Å². The largest absolute Gasteiger partial charge is 0.334 e. The zero-order valence-corrected chi connectivity index (χ0v) is 11.5. The molecule has 0 unspecified atom stereocenters. The first-order chi connectivity index (χ1) is 9.25. The third kappa shape index (κ3) is 4.73. The van der Waals surface area contributed by atoms with E-state index >= 15 is 0 Å². The van der Waals surface area contributed by atoms with Crippen molar-refractivity contribution in [3.05, 3.63) is 0 Å². The summed E-state index contributed by atoms with van der Waals surface area (Å²) >= 11 is 0. The standard InChI is InChI=1S/C14H25N3O2/c18-13(11-7-3-1-4-8-11)16-17-14(19)15-12-9-5-2-6-10-12/h11-12H,1-10H2,(H,16,18)(H2,15,17,19). The summed E-state index contributed by atoms with van der Waals surface area (Å²) in [6.45, 7) is 0. The number of amides is 3. The summed E-state index contributed by atoms with van der Waals surface area (Å²) in [5, 5.41) is 2.91. The smallest absolute Gasteiger partial charge is 0.333 e. The molecule has 3 N–H and O–H groups in total. The van der Waals surface area contributed by atoms with Crippen molar-refractivity contribution in [3.63, 3.8) is 0 Å². The summed E-state index contributed by atoms with van der Waals surface area (Å²) in [5.74, 6) is 0.0298. The van der Waals surface area contributed by atoms with Crippen LogP contribution in [-0.2, 0) is 4.79 Å². The highest BCUT2D eigenvalue weighted by Crippen LogP contribution is 2.23. The fraction of sp³-hybridized carbons (Fsp3) is 0.857. The van der Waals surface area contributed by atoms with Gasteiger partial charge in [0.25, 0.3) is 0 Å². The Morgan fingerprint density at radius 2 is 1.32 bits per heavy atom. The molecule has 0 atom stereocenters. The van der Waals surface area contributed by atoms with E-state index in [1.807, 2.05) is 0 Å². The maximum absolute atomic E-state index is 11.8. The van der Waals surface area contributed by atoms with Gasteiger partial charge in [-0.2, -0.15) is 0 Å². The average Bonchev–Trinajstić information content (AvgIpc) is 2.47. The summed E-state index contributed by atoms with van der Waals surface area (Å²) in [7, 11) is 0. The number of carbonyl (C=O) groups excluding carboxylic acids is 2. The lowest BCUT2D eigenvalue weighted by atomic mass is 9.89. The molecule has 0 aliphatic heterocycles. The van der Waals surface area contributed by atoms with Gasteiger partial charge in [-0.25, -0.2) is 10.2 Å². The van der Waals surface area contributed by atoms with E-state index in [2.05, 4.69) is 16.2 Å². The van der Waals surface area contributed by atoms with Crippen LogP contribution in [0.2, 0.25) is 0 Å². The summed E-state index contributed by atoms with van der Waals surface area (Å²) in [5.41, 5.74) is 5.02. The second-order valence-electron chi connectivity index (χ2n) is 5.76. The lowest BCUT2D eigenvalue weighted by molar-refractivity contribution is -0.126. The Bertz CT molecular complexity index is 308. The molecule has 0 saturated heterocycles. The van der Waals surface area contributed by atoms with Gasteiger partial charge in [0.1, 0.15) is 0 Å². The van der Waals surface area contributed by atoms with Crippen LogP contribution < -0.4 is 16.2 Å². The minimum absolute atomic E-state index is 0.0431. The highest BCUT2D eigenvalue weighted by Gasteiger charge is 2.21. The molecule has 108 valence electrons. The van der Waals surface area contributed by atoms with Crippen LogP contribution in [0, 0.1) is 5.92 Å². The number of hydrogen-bond donors (Lipinski definition) is 3. The van der Waals surface area contributed by atoms with E-state index in [1.165, 1.54) is 25.7 Å². The number of rotatable bonds is 2. The van der Waals surface area contributed by atoms with Crippen LogP contribution in [0.1, 0.15) is 64.2 Å².